The number of hydrogen-bond donors (Lipinski definition) is 0. The summed E-state index contributed by atoms with van der Waals surface area (Å²) in [5.41, 5.74) is 16.3. The highest BCUT2D eigenvalue weighted by Crippen LogP contribution is 2.56. The Morgan fingerprint density at radius 2 is 0.519 bits per heavy atom. The van der Waals surface area contributed by atoms with Gasteiger partial charge in [0, 0.05) is 10.8 Å². The van der Waals surface area contributed by atoms with Gasteiger partial charge >= 0.3 is 0 Å². The summed E-state index contributed by atoms with van der Waals surface area (Å²) in [4.78, 5) is 0. The number of benzene rings is 7. The third-order valence-electron chi connectivity index (χ3n) is 12.1. The molecule has 0 unspecified atom stereocenters. The highest BCUT2D eigenvalue weighted by atomic mass is 31.1. The van der Waals surface area contributed by atoms with E-state index in [-0.39, 0.29) is 10.8 Å². The molecule has 2 aliphatic carbocycles. The van der Waals surface area contributed by atoms with Crippen LogP contribution in [-0.2, 0) is 10.8 Å². The van der Waals surface area contributed by atoms with Crippen molar-refractivity contribution in [1.82, 2.24) is 0 Å². The van der Waals surface area contributed by atoms with Crippen LogP contribution in [0.1, 0.15) is 72.2 Å². The Balaban J connectivity index is 1.14. The molecular weight excluding hydrogens is 687 g/mol. The fourth-order valence-electron chi connectivity index (χ4n) is 8.89. The second kappa shape index (κ2) is 13.0. The van der Waals surface area contributed by atoms with E-state index in [1.165, 1.54) is 98.6 Å². The number of fused-ring (bicyclic) bond motifs is 6. The molecule has 0 spiro atoms. The monoisotopic (exact) mass is 734 g/mol. The van der Waals surface area contributed by atoms with Gasteiger partial charge in [0.2, 0.25) is 0 Å². The summed E-state index contributed by atoms with van der Waals surface area (Å²) in [5, 5.41) is 8.44. The van der Waals surface area contributed by atoms with Crippen molar-refractivity contribution in [1.29, 1.82) is 0 Å². The Bertz CT molecular complexity index is 2280. The molecule has 54 heavy (non-hydrogen) atoms. The van der Waals surface area contributed by atoms with E-state index in [0.29, 0.717) is 0 Å². The summed E-state index contributed by atoms with van der Waals surface area (Å²) in [7, 11) is -1.39. The van der Waals surface area contributed by atoms with Crippen LogP contribution in [0.2, 0.25) is 0 Å². The van der Waals surface area contributed by atoms with Crippen LogP contribution in [0.3, 0.4) is 0 Å². The third kappa shape index (κ3) is 5.73. The molecule has 0 aromatic heterocycles. The zero-order chi connectivity index (χ0) is 37.5. The molecular formula is C52H48P2. The van der Waals surface area contributed by atoms with Gasteiger partial charge in [-0.3, -0.25) is 0 Å². The smallest absolute Gasteiger partial charge is 0.0159 e. The van der Waals surface area contributed by atoms with Gasteiger partial charge in [-0.15, -0.1) is 0 Å². The van der Waals surface area contributed by atoms with E-state index in [2.05, 4.69) is 201 Å². The van der Waals surface area contributed by atoms with Crippen molar-refractivity contribution in [3.05, 3.63) is 190 Å². The average Bonchev–Trinajstić information content (AvgIpc) is 3.52. The fraction of sp³-hybridized carbons (Fsp3) is 0.192. The molecule has 0 saturated carbocycles. The van der Waals surface area contributed by atoms with E-state index >= 15 is 0 Å². The first-order valence-corrected chi connectivity index (χ1v) is 21.9. The largest absolute Gasteiger partial charge is 0.0587 e. The van der Waals surface area contributed by atoms with Gasteiger partial charge in [0.05, 0.1) is 0 Å². The minimum atomic E-state index is -0.694. The van der Waals surface area contributed by atoms with Crippen molar-refractivity contribution < 1.29 is 0 Å². The van der Waals surface area contributed by atoms with Crippen molar-refractivity contribution in [3.8, 4) is 22.3 Å². The minimum absolute atomic E-state index is 0.116. The summed E-state index contributed by atoms with van der Waals surface area (Å²) in [5.74, 6) is 0. The van der Waals surface area contributed by atoms with Gasteiger partial charge < -0.3 is 0 Å². The Labute approximate surface area is 324 Å². The Morgan fingerprint density at radius 3 is 0.796 bits per heavy atom. The lowest BCUT2D eigenvalue weighted by Crippen LogP contribution is -2.23. The molecule has 0 atom stereocenters. The molecule has 0 heterocycles. The van der Waals surface area contributed by atoms with Crippen LogP contribution in [0.4, 0.5) is 0 Å². The van der Waals surface area contributed by atoms with Crippen LogP contribution in [0.15, 0.2) is 146 Å². The van der Waals surface area contributed by atoms with Crippen LogP contribution < -0.4 is 31.8 Å². The number of aryl methyl sites for hydroxylation is 4. The topological polar surface area (TPSA) is 0 Å². The number of rotatable bonds is 6. The Morgan fingerprint density at radius 1 is 0.278 bits per heavy atom. The predicted molar refractivity (Wildman–Crippen MR) is 238 cm³/mol. The van der Waals surface area contributed by atoms with Gasteiger partial charge in [-0.25, -0.2) is 0 Å². The van der Waals surface area contributed by atoms with Crippen molar-refractivity contribution in [2.45, 2.75) is 66.2 Å². The third-order valence-corrected chi connectivity index (χ3v) is 17.0. The first kappa shape index (κ1) is 35.1. The van der Waals surface area contributed by atoms with Crippen molar-refractivity contribution in [2.75, 3.05) is 0 Å². The molecule has 0 N–H and O–H groups in total. The SMILES string of the molecule is Cc1ccc(P(c2ccc(C)cc2)c2ccc3c(c2)C(C)(C)c2cc4c(cc2-3)C(C)(C)c2cc(P(c3ccc(C)cc3)c3ccc(C)cc3)ccc2-4)cc1. The molecule has 0 fully saturated rings. The zero-order valence-corrected chi connectivity index (χ0v) is 34.5. The van der Waals surface area contributed by atoms with Crippen molar-refractivity contribution >= 4 is 47.7 Å². The first-order chi connectivity index (χ1) is 25.9. The lowest BCUT2D eigenvalue weighted by Gasteiger charge is -2.26. The Kier molecular flexibility index (Phi) is 8.47. The van der Waals surface area contributed by atoms with E-state index in [4.69, 9.17) is 0 Å². The molecule has 0 aliphatic heterocycles. The molecule has 0 radical (unpaired) electrons. The quantitative estimate of drug-likeness (QED) is 0.149. The van der Waals surface area contributed by atoms with E-state index in [1.54, 1.807) is 0 Å². The standard InChI is InChI=1S/C52H48P2/c1-33-9-17-37(18-10-33)53(38-19-11-34(2)12-20-38)41-25-27-43-45-31-50-46(32-49(45)51(5,6)47(43)29-41)44-28-26-42(30-48(44)52(50,7)8)54(39-21-13-35(3)14-22-39)40-23-15-36(4)16-24-40/h9-32H,1-8H3. The summed E-state index contributed by atoms with van der Waals surface area (Å²) < 4.78 is 0. The van der Waals surface area contributed by atoms with E-state index in [0.717, 1.165) is 0 Å². The summed E-state index contributed by atoms with van der Waals surface area (Å²) in [6.45, 7) is 18.5. The predicted octanol–water partition coefficient (Wildman–Crippen LogP) is 11.0. The van der Waals surface area contributed by atoms with Crippen LogP contribution in [0.25, 0.3) is 22.3 Å². The molecule has 0 amide bonds. The van der Waals surface area contributed by atoms with Gasteiger partial charge in [0.15, 0.2) is 0 Å². The van der Waals surface area contributed by atoms with E-state index in [1.807, 2.05) is 0 Å². The summed E-state index contributed by atoms with van der Waals surface area (Å²) >= 11 is 0. The molecule has 0 bridgehead atoms. The maximum absolute atomic E-state index is 2.56. The van der Waals surface area contributed by atoms with Gasteiger partial charge in [-0.2, -0.15) is 0 Å². The van der Waals surface area contributed by atoms with Gasteiger partial charge in [0.25, 0.3) is 0 Å². The molecule has 9 rings (SSSR count). The first-order valence-electron chi connectivity index (χ1n) is 19.3. The van der Waals surface area contributed by atoms with Gasteiger partial charge in [-0.1, -0.05) is 171 Å². The van der Waals surface area contributed by atoms with E-state index in [9.17, 15) is 0 Å². The highest BCUT2D eigenvalue weighted by Gasteiger charge is 2.42. The van der Waals surface area contributed by atoms with Crippen LogP contribution in [0.5, 0.6) is 0 Å². The average molecular weight is 735 g/mol. The van der Waals surface area contributed by atoms with Crippen LogP contribution in [0, 0.1) is 27.7 Å². The van der Waals surface area contributed by atoms with Gasteiger partial charge in [0.1, 0.15) is 0 Å². The van der Waals surface area contributed by atoms with Crippen molar-refractivity contribution in [2.24, 2.45) is 0 Å². The lowest BCUT2D eigenvalue weighted by molar-refractivity contribution is 0.652. The molecule has 0 nitrogen and oxygen atoms in total. The normalized spacial score (nSPS) is 14.6. The highest BCUT2D eigenvalue weighted by molar-refractivity contribution is 7.80. The maximum atomic E-state index is 2.56. The second-order valence-electron chi connectivity index (χ2n) is 16.7. The summed E-state index contributed by atoms with van der Waals surface area (Å²) in [6, 6.07) is 56.8. The Hall–Kier alpha value is -4.60. The lowest BCUT2D eigenvalue weighted by atomic mass is 9.79. The molecule has 2 heteroatoms. The molecule has 7 aromatic carbocycles. The zero-order valence-electron chi connectivity index (χ0n) is 32.8. The molecule has 266 valence electrons. The maximum Gasteiger partial charge on any atom is 0.0159 e. The van der Waals surface area contributed by atoms with Crippen LogP contribution >= 0.6 is 15.8 Å². The molecule has 7 aromatic rings. The van der Waals surface area contributed by atoms with E-state index < -0.39 is 15.8 Å². The van der Waals surface area contributed by atoms with Crippen LogP contribution in [-0.4, -0.2) is 0 Å². The molecule has 2 aliphatic rings. The van der Waals surface area contributed by atoms with Crippen molar-refractivity contribution in [3.63, 3.8) is 0 Å². The fourth-order valence-corrected chi connectivity index (χ4v) is 13.4. The summed E-state index contributed by atoms with van der Waals surface area (Å²) in [6.07, 6.45) is 0. The molecule has 0 saturated heterocycles. The second-order valence-corrected chi connectivity index (χ2v) is 21.1. The number of hydrogen-bond acceptors (Lipinski definition) is 0. The van der Waals surface area contributed by atoms with Gasteiger partial charge in [-0.05, 0) is 144 Å². The minimum Gasteiger partial charge on any atom is -0.0587 e.